The lowest BCUT2D eigenvalue weighted by Gasteiger charge is -2.33. The number of hydrazine groups is 1. The summed E-state index contributed by atoms with van der Waals surface area (Å²) in [6.45, 7) is 7.14. The van der Waals surface area contributed by atoms with Crippen LogP contribution in [-0.4, -0.2) is 58.9 Å². The number of hydrogen-bond donors (Lipinski definition) is 4. The van der Waals surface area contributed by atoms with E-state index in [1.54, 1.807) is 0 Å². The first-order valence-corrected chi connectivity index (χ1v) is 12.5. The Labute approximate surface area is 195 Å². The number of rotatable bonds is 6. The molecule has 0 spiro atoms. The summed E-state index contributed by atoms with van der Waals surface area (Å²) in [5.74, 6) is 3.20. The van der Waals surface area contributed by atoms with Gasteiger partial charge in [-0.3, -0.25) is 10.3 Å². The fourth-order valence-corrected chi connectivity index (χ4v) is 6.27. The van der Waals surface area contributed by atoms with E-state index in [-0.39, 0.29) is 6.04 Å². The zero-order valence-electron chi connectivity index (χ0n) is 19.4. The van der Waals surface area contributed by atoms with Gasteiger partial charge >= 0.3 is 0 Å². The number of nitrogens with one attached hydrogen (secondary N) is 3. The third kappa shape index (κ3) is 4.12. The van der Waals surface area contributed by atoms with Crippen molar-refractivity contribution < 1.29 is 9.84 Å². The van der Waals surface area contributed by atoms with Crippen LogP contribution in [0.2, 0.25) is 0 Å². The number of hydrogen-bond acceptors (Lipinski definition) is 6. The highest BCUT2D eigenvalue weighted by Crippen LogP contribution is 2.44. The van der Waals surface area contributed by atoms with Gasteiger partial charge in [0.15, 0.2) is 0 Å². The predicted molar refractivity (Wildman–Crippen MR) is 128 cm³/mol. The fourth-order valence-electron chi connectivity index (χ4n) is 6.27. The summed E-state index contributed by atoms with van der Waals surface area (Å²) in [6.07, 6.45) is 8.78. The standard InChI is InChI=1S/C26H35N5O2/c1-2-17-9-20(32)4-6-21(17)18-3-5-22-23(10-18)29-30-25(22)26-27-11-24(28-26)19-7-8-31(13-19)12-16-14-33-15-16/h4,6-7,9,11,16,18,22-23,25,29-30,32H,2-3,5,8,10,12-15H2,1H3,(H,27,28). The minimum absolute atomic E-state index is 0.223. The largest absolute Gasteiger partial charge is 0.508 e. The quantitative estimate of drug-likeness (QED) is 0.542. The molecule has 4 N–H and O–H groups in total. The van der Waals surface area contributed by atoms with Crippen molar-refractivity contribution in [2.24, 2.45) is 11.8 Å². The number of benzene rings is 1. The van der Waals surface area contributed by atoms with Crippen LogP contribution in [0, 0.1) is 11.8 Å². The van der Waals surface area contributed by atoms with Gasteiger partial charge in [0.1, 0.15) is 11.6 Å². The highest BCUT2D eigenvalue weighted by molar-refractivity contribution is 5.66. The van der Waals surface area contributed by atoms with Crippen molar-refractivity contribution in [1.29, 1.82) is 0 Å². The van der Waals surface area contributed by atoms with Crippen LogP contribution in [0.4, 0.5) is 0 Å². The Hall–Kier alpha value is -2.19. The molecular weight excluding hydrogens is 414 g/mol. The lowest BCUT2D eigenvalue weighted by molar-refractivity contribution is -0.0433. The third-order valence-corrected chi connectivity index (χ3v) is 8.15. The highest BCUT2D eigenvalue weighted by atomic mass is 16.5. The minimum atomic E-state index is 0.223. The summed E-state index contributed by atoms with van der Waals surface area (Å²) in [4.78, 5) is 10.9. The summed E-state index contributed by atoms with van der Waals surface area (Å²) in [6, 6.07) is 6.57. The topological polar surface area (TPSA) is 85.4 Å². The molecule has 1 saturated carbocycles. The molecule has 0 amide bonds. The molecule has 33 heavy (non-hydrogen) atoms. The van der Waals surface area contributed by atoms with Crippen molar-refractivity contribution in [2.75, 3.05) is 32.8 Å². The van der Waals surface area contributed by atoms with Crippen LogP contribution in [0.5, 0.6) is 5.75 Å². The number of phenolic OH excluding ortho intramolecular Hbond substituents is 1. The maximum atomic E-state index is 9.88. The number of aromatic nitrogens is 2. The van der Waals surface area contributed by atoms with E-state index < -0.39 is 0 Å². The first-order chi connectivity index (χ1) is 16.2. The number of ether oxygens (including phenoxy) is 1. The van der Waals surface area contributed by atoms with E-state index in [0.717, 1.165) is 57.2 Å². The van der Waals surface area contributed by atoms with Gasteiger partial charge in [0.2, 0.25) is 0 Å². The van der Waals surface area contributed by atoms with Crippen LogP contribution in [0.25, 0.3) is 5.57 Å². The van der Waals surface area contributed by atoms with Gasteiger partial charge in [0.05, 0.1) is 31.1 Å². The SMILES string of the molecule is CCc1cc(O)ccc1C1CCC2C(C1)NNC2c1ncc(C2=CCN(CC3COC3)C2)[nH]1. The molecule has 7 heteroatoms. The average Bonchev–Trinajstić information content (AvgIpc) is 3.54. The molecule has 3 aliphatic heterocycles. The smallest absolute Gasteiger partial charge is 0.125 e. The van der Waals surface area contributed by atoms with E-state index >= 15 is 0 Å². The lowest BCUT2D eigenvalue weighted by Crippen LogP contribution is -2.38. The molecule has 2 aromatic rings. The van der Waals surface area contributed by atoms with Crippen LogP contribution < -0.4 is 10.9 Å². The van der Waals surface area contributed by atoms with Crippen LogP contribution in [0.15, 0.2) is 30.5 Å². The average molecular weight is 450 g/mol. The molecule has 7 nitrogen and oxygen atoms in total. The second-order valence-electron chi connectivity index (χ2n) is 10.3. The Morgan fingerprint density at radius 2 is 2.12 bits per heavy atom. The monoisotopic (exact) mass is 449 g/mol. The van der Waals surface area contributed by atoms with Crippen molar-refractivity contribution >= 4 is 5.57 Å². The zero-order valence-corrected chi connectivity index (χ0v) is 19.4. The summed E-state index contributed by atoms with van der Waals surface area (Å²) >= 11 is 0. The Kier molecular flexibility index (Phi) is 5.74. The molecule has 4 heterocycles. The van der Waals surface area contributed by atoms with Gasteiger partial charge in [-0.2, -0.15) is 0 Å². The van der Waals surface area contributed by atoms with Crippen molar-refractivity contribution in [3.05, 3.63) is 53.1 Å². The summed E-state index contributed by atoms with van der Waals surface area (Å²) in [5, 5.41) is 9.88. The van der Waals surface area contributed by atoms with Gasteiger partial charge < -0.3 is 14.8 Å². The number of aryl methyl sites for hydroxylation is 1. The lowest BCUT2D eigenvalue weighted by atomic mass is 9.73. The number of aromatic hydroxyl groups is 1. The van der Waals surface area contributed by atoms with Crippen molar-refractivity contribution in [2.45, 2.75) is 50.6 Å². The van der Waals surface area contributed by atoms with Crippen LogP contribution in [0.3, 0.4) is 0 Å². The molecule has 0 radical (unpaired) electrons. The van der Waals surface area contributed by atoms with Gasteiger partial charge in [0.25, 0.3) is 0 Å². The molecule has 3 fully saturated rings. The van der Waals surface area contributed by atoms with Crippen molar-refractivity contribution in [1.82, 2.24) is 25.7 Å². The number of nitrogens with zero attached hydrogens (tertiary/aromatic N) is 2. The molecule has 0 bridgehead atoms. The van der Waals surface area contributed by atoms with E-state index in [4.69, 9.17) is 9.72 Å². The van der Waals surface area contributed by atoms with Gasteiger partial charge in [0, 0.05) is 31.6 Å². The van der Waals surface area contributed by atoms with Gasteiger partial charge in [-0.05, 0) is 66.4 Å². The first-order valence-electron chi connectivity index (χ1n) is 12.5. The second kappa shape index (κ2) is 8.87. The molecule has 176 valence electrons. The van der Waals surface area contributed by atoms with E-state index in [9.17, 15) is 5.11 Å². The van der Waals surface area contributed by atoms with Gasteiger partial charge in [-0.1, -0.05) is 19.1 Å². The Morgan fingerprint density at radius 1 is 1.21 bits per heavy atom. The fraction of sp³-hybridized carbons (Fsp3) is 0.577. The summed E-state index contributed by atoms with van der Waals surface area (Å²) in [5.41, 5.74) is 12.3. The number of fused-ring (bicyclic) bond motifs is 1. The maximum Gasteiger partial charge on any atom is 0.125 e. The molecule has 1 aliphatic carbocycles. The van der Waals surface area contributed by atoms with Crippen LogP contribution in [-0.2, 0) is 11.2 Å². The normalized spacial score (nSPS) is 30.3. The molecule has 2 saturated heterocycles. The highest BCUT2D eigenvalue weighted by Gasteiger charge is 2.42. The molecule has 1 aromatic carbocycles. The van der Waals surface area contributed by atoms with E-state index in [2.05, 4.69) is 39.8 Å². The zero-order chi connectivity index (χ0) is 22.4. The van der Waals surface area contributed by atoms with Crippen molar-refractivity contribution in [3.63, 3.8) is 0 Å². The predicted octanol–water partition coefficient (Wildman–Crippen LogP) is 3.12. The second-order valence-corrected chi connectivity index (χ2v) is 10.3. The number of imidazole rings is 1. The minimum Gasteiger partial charge on any atom is -0.508 e. The number of H-pyrrole nitrogens is 1. The van der Waals surface area contributed by atoms with Crippen LogP contribution in [0.1, 0.15) is 60.8 Å². The first kappa shape index (κ1) is 21.4. The molecule has 4 atom stereocenters. The van der Waals surface area contributed by atoms with Gasteiger partial charge in [-0.15, -0.1) is 0 Å². The summed E-state index contributed by atoms with van der Waals surface area (Å²) < 4.78 is 5.33. The Bertz CT molecular complexity index is 1030. The van der Waals surface area contributed by atoms with E-state index in [0.29, 0.717) is 29.5 Å². The molecule has 4 aliphatic rings. The third-order valence-electron chi connectivity index (χ3n) is 8.15. The summed E-state index contributed by atoms with van der Waals surface area (Å²) in [7, 11) is 0. The maximum absolute atomic E-state index is 9.88. The van der Waals surface area contributed by atoms with Gasteiger partial charge in [-0.25, -0.2) is 10.4 Å². The molecule has 4 unspecified atom stereocenters. The Morgan fingerprint density at radius 3 is 2.94 bits per heavy atom. The number of aromatic amines is 1. The Balaban J connectivity index is 1.10. The molecular formula is C26H35N5O2. The van der Waals surface area contributed by atoms with E-state index in [1.165, 1.54) is 29.5 Å². The van der Waals surface area contributed by atoms with Crippen LogP contribution >= 0.6 is 0 Å². The van der Waals surface area contributed by atoms with Crippen molar-refractivity contribution in [3.8, 4) is 5.75 Å². The molecule has 1 aromatic heterocycles. The van der Waals surface area contributed by atoms with E-state index in [1.807, 2.05) is 18.3 Å². The number of phenols is 1. The molecule has 6 rings (SSSR count).